The summed E-state index contributed by atoms with van der Waals surface area (Å²) in [4.78, 5) is 28.1. The molecule has 5 N–H and O–H groups in total. The number of nitrogens with two attached hydrogens (primary N) is 1. The van der Waals surface area contributed by atoms with Crippen LogP contribution in [0.15, 0.2) is 41.9 Å². The molecule has 1 unspecified atom stereocenters. The van der Waals surface area contributed by atoms with Crippen molar-refractivity contribution >= 4 is 28.3 Å². The van der Waals surface area contributed by atoms with Crippen LogP contribution >= 0.6 is 11.3 Å². The number of hydrogen-bond donors (Lipinski definition) is 4. The number of amides is 1. The highest BCUT2D eigenvalue weighted by molar-refractivity contribution is 7.13. The maximum atomic E-state index is 14.3. The first-order valence-electron chi connectivity index (χ1n) is 12.0. The molecule has 2 aromatic carbocycles. The molecular formula is C26H29FN4O6S. The normalized spacial score (nSPS) is 16.5. The van der Waals surface area contributed by atoms with Crippen LogP contribution in [0.3, 0.4) is 0 Å². The highest BCUT2D eigenvalue weighted by Crippen LogP contribution is 2.41. The molecule has 10 nitrogen and oxygen atoms in total. The van der Waals surface area contributed by atoms with Gasteiger partial charge in [-0.15, -0.1) is 11.3 Å². The Kier molecular flexibility index (Phi) is 8.89. The summed E-state index contributed by atoms with van der Waals surface area (Å²) in [6, 6.07) is 7.15. The summed E-state index contributed by atoms with van der Waals surface area (Å²) in [5.74, 6) is -1.68. The molecule has 1 amide bonds. The van der Waals surface area contributed by atoms with E-state index in [1.807, 2.05) is 13.0 Å². The third-order valence-electron chi connectivity index (χ3n) is 6.01. The SMILES string of the molecule is CC1(CC(=O)Nc2nccs2)NCCc2cc(OCCOCCN)c(Oc3ccc(C(=O)O)c(F)c3)cc21. The van der Waals surface area contributed by atoms with Gasteiger partial charge in [0.05, 0.1) is 18.8 Å². The Labute approximate surface area is 222 Å². The van der Waals surface area contributed by atoms with Crippen LogP contribution in [-0.4, -0.2) is 54.9 Å². The minimum Gasteiger partial charge on any atom is -0.487 e. The van der Waals surface area contributed by atoms with Crippen molar-refractivity contribution in [2.45, 2.75) is 25.3 Å². The van der Waals surface area contributed by atoms with Gasteiger partial charge in [-0.25, -0.2) is 14.2 Å². The molecule has 38 heavy (non-hydrogen) atoms. The predicted octanol–water partition coefficient (Wildman–Crippen LogP) is 3.52. The van der Waals surface area contributed by atoms with E-state index in [9.17, 15) is 14.0 Å². The molecule has 1 aliphatic heterocycles. The summed E-state index contributed by atoms with van der Waals surface area (Å²) in [7, 11) is 0. The zero-order valence-electron chi connectivity index (χ0n) is 20.8. The summed E-state index contributed by atoms with van der Waals surface area (Å²) >= 11 is 1.34. The van der Waals surface area contributed by atoms with Gasteiger partial charge in [0.1, 0.15) is 18.2 Å². The fourth-order valence-electron chi connectivity index (χ4n) is 4.27. The van der Waals surface area contributed by atoms with Crippen LogP contribution in [0.5, 0.6) is 17.2 Å². The Morgan fingerprint density at radius 3 is 2.79 bits per heavy atom. The lowest BCUT2D eigenvalue weighted by Crippen LogP contribution is -2.47. The zero-order valence-corrected chi connectivity index (χ0v) is 21.6. The lowest BCUT2D eigenvalue weighted by atomic mass is 9.81. The van der Waals surface area contributed by atoms with Gasteiger partial charge in [0.15, 0.2) is 16.6 Å². The van der Waals surface area contributed by atoms with Crippen molar-refractivity contribution < 1.29 is 33.3 Å². The van der Waals surface area contributed by atoms with Crippen LogP contribution in [0, 0.1) is 5.82 Å². The molecule has 12 heteroatoms. The quantitative estimate of drug-likeness (QED) is 0.252. The second kappa shape index (κ2) is 12.3. The molecule has 1 aromatic heterocycles. The van der Waals surface area contributed by atoms with Gasteiger partial charge < -0.3 is 35.7 Å². The number of carboxylic acids is 1. The molecule has 0 fully saturated rings. The number of halogens is 1. The molecule has 3 aromatic rings. The van der Waals surface area contributed by atoms with Crippen molar-refractivity contribution in [2.24, 2.45) is 5.73 Å². The fraction of sp³-hybridized carbons (Fsp3) is 0.346. The largest absolute Gasteiger partial charge is 0.487 e. The van der Waals surface area contributed by atoms with E-state index < -0.39 is 22.9 Å². The number of nitrogens with one attached hydrogen (secondary N) is 2. The Morgan fingerprint density at radius 2 is 2.08 bits per heavy atom. The number of hydrogen-bond acceptors (Lipinski definition) is 9. The minimum atomic E-state index is -1.37. The summed E-state index contributed by atoms with van der Waals surface area (Å²) in [6.07, 6.45) is 2.45. The van der Waals surface area contributed by atoms with Gasteiger partial charge in [-0.3, -0.25) is 4.79 Å². The minimum absolute atomic E-state index is 0.101. The highest BCUT2D eigenvalue weighted by Gasteiger charge is 2.35. The number of carbonyl (C=O) groups is 2. The molecule has 1 aliphatic rings. The standard InChI is InChI=1S/C26H29FN4O6S/c1-26(15-23(32)31-25-29-7-11-38-25)19-14-22(37-17-2-3-18(24(33)34)20(27)13-17)21(12-16(19)4-6-30-26)36-10-9-35-8-5-28/h2-3,7,11-14,30H,4-6,8-10,15,28H2,1H3,(H,33,34)(H,29,31,32). The number of fused-ring (bicyclic) bond motifs is 1. The van der Waals surface area contributed by atoms with E-state index in [4.69, 9.17) is 25.1 Å². The lowest BCUT2D eigenvalue weighted by Gasteiger charge is -2.37. The lowest BCUT2D eigenvalue weighted by molar-refractivity contribution is -0.117. The van der Waals surface area contributed by atoms with E-state index in [2.05, 4.69) is 15.6 Å². The molecule has 0 spiro atoms. The number of ether oxygens (including phenoxy) is 3. The Balaban J connectivity index is 1.63. The second-order valence-corrected chi connectivity index (χ2v) is 9.72. The monoisotopic (exact) mass is 544 g/mol. The molecule has 202 valence electrons. The Hall–Kier alpha value is -3.58. The van der Waals surface area contributed by atoms with Crippen molar-refractivity contribution in [3.63, 3.8) is 0 Å². The van der Waals surface area contributed by atoms with Crippen LogP contribution in [-0.2, 0) is 21.5 Å². The number of benzene rings is 2. The molecule has 4 rings (SSSR count). The van der Waals surface area contributed by atoms with E-state index >= 15 is 0 Å². The van der Waals surface area contributed by atoms with E-state index in [0.717, 1.165) is 23.3 Å². The molecule has 0 radical (unpaired) electrons. The van der Waals surface area contributed by atoms with Crippen LogP contribution in [0.1, 0.15) is 34.8 Å². The molecule has 0 aliphatic carbocycles. The van der Waals surface area contributed by atoms with Crippen molar-refractivity contribution in [1.29, 1.82) is 0 Å². The molecule has 0 saturated heterocycles. The molecule has 0 bridgehead atoms. The first kappa shape index (κ1) is 27.5. The third-order valence-corrected chi connectivity index (χ3v) is 6.70. The number of carboxylic acid groups (broad SMARTS) is 1. The number of anilines is 1. The molecular weight excluding hydrogens is 515 g/mol. The number of thiazole rings is 1. The maximum Gasteiger partial charge on any atom is 0.338 e. The first-order valence-corrected chi connectivity index (χ1v) is 12.9. The molecule has 2 heterocycles. The molecule has 1 atom stereocenters. The van der Waals surface area contributed by atoms with Crippen LogP contribution < -0.4 is 25.8 Å². The van der Waals surface area contributed by atoms with Gasteiger partial charge in [0.2, 0.25) is 5.91 Å². The third kappa shape index (κ3) is 6.64. The van der Waals surface area contributed by atoms with Gasteiger partial charge in [0, 0.05) is 42.7 Å². The number of rotatable bonds is 12. The van der Waals surface area contributed by atoms with Crippen molar-refractivity contribution in [3.05, 3.63) is 64.4 Å². The van der Waals surface area contributed by atoms with Crippen molar-refractivity contribution in [1.82, 2.24) is 10.3 Å². The Bertz CT molecular complexity index is 1290. The van der Waals surface area contributed by atoms with Crippen molar-refractivity contribution in [3.8, 4) is 17.2 Å². The predicted molar refractivity (Wildman–Crippen MR) is 140 cm³/mol. The van der Waals surface area contributed by atoms with Gasteiger partial charge in [-0.1, -0.05) is 0 Å². The van der Waals surface area contributed by atoms with Crippen molar-refractivity contribution in [2.75, 3.05) is 38.2 Å². The molecule has 0 saturated carbocycles. The maximum absolute atomic E-state index is 14.3. The fourth-order valence-corrected chi connectivity index (χ4v) is 4.81. The van der Waals surface area contributed by atoms with Gasteiger partial charge in [-0.2, -0.15) is 0 Å². The van der Waals surface area contributed by atoms with Crippen LogP contribution in [0.4, 0.5) is 9.52 Å². The summed E-state index contributed by atoms with van der Waals surface area (Å²) < 4.78 is 31.7. The average molecular weight is 545 g/mol. The number of aromatic carboxylic acids is 1. The van der Waals surface area contributed by atoms with E-state index in [1.165, 1.54) is 17.4 Å². The van der Waals surface area contributed by atoms with Crippen LogP contribution in [0.2, 0.25) is 0 Å². The Morgan fingerprint density at radius 1 is 1.24 bits per heavy atom. The number of carbonyl (C=O) groups excluding carboxylic acids is 1. The zero-order chi connectivity index (χ0) is 27.1. The van der Waals surface area contributed by atoms with Gasteiger partial charge in [0.25, 0.3) is 0 Å². The van der Waals surface area contributed by atoms with E-state index in [0.29, 0.717) is 49.4 Å². The van der Waals surface area contributed by atoms with E-state index in [-0.39, 0.29) is 24.7 Å². The van der Waals surface area contributed by atoms with Gasteiger partial charge in [-0.05, 0) is 48.7 Å². The van der Waals surface area contributed by atoms with E-state index in [1.54, 1.807) is 17.6 Å². The summed E-state index contributed by atoms with van der Waals surface area (Å²) in [6.45, 7) is 3.92. The second-order valence-electron chi connectivity index (χ2n) is 8.83. The number of nitrogens with zero attached hydrogens (tertiary/aromatic N) is 1. The highest BCUT2D eigenvalue weighted by atomic mass is 32.1. The van der Waals surface area contributed by atoms with Gasteiger partial charge >= 0.3 is 5.97 Å². The topological polar surface area (TPSA) is 145 Å². The average Bonchev–Trinajstić information content (AvgIpc) is 3.37. The summed E-state index contributed by atoms with van der Waals surface area (Å²) in [5.41, 5.74) is 6.08. The first-order chi connectivity index (χ1) is 18.3. The van der Waals surface area contributed by atoms with Crippen LogP contribution in [0.25, 0.3) is 0 Å². The number of aromatic nitrogens is 1. The smallest absolute Gasteiger partial charge is 0.338 e. The summed E-state index contributed by atoms with van der Waals surface area (Å²) in [5, 5.41) is 17.7.